The Labute approximate surface area is 106 Å². The molecule has 0 saturated carbocycles. The van der Waals surface area contributed by atoms with Gasteiger partial charge >= 0.3 is 0 Å². The second kappa shape index (κ2) is 4.38. The largest absolute Gasteiger partial charge is 0.365 e. The van der Waals surface area contributed by atoms with Gasteiger partial charge < -0.3 is 10.2 Å². The van der Waals surface area contributed by atoms with Crippen LogP contribution in [-0.2, 0) is 6.54 Å². The number of hydrogen-bond donors (Lipinski definition) is 1. The van der Waals surface area contributed by atoms with Gasteiger partial charge in [-0.1, -0.05) is 22.0 Å². The molecule has 0 fully saturated rings. The molecule has 1 aliphatic rings. The Hall–Kier alpha value is -0.540. The molecule has 1 N–H and O–H groups in total. The minimum Gasteiger partial charge on any atom is -0.365 e. The summed E-state index contributed by atoms with van der Waals surface area (Å²) < 4.78 is 1.20. The van der Waals surface area contributed by atoms with E-state index in [0.717, 1.165) is 19.6 Å². The number of nitrogens with one attached hydrogen (secondary N) is 1. The van der Waals surface area contributed by atoms with Crippen LogP contribution in [0.3, 0.4) is 0 Å². The fourth-order valence-electron chi connectivity index (χ4n) is 2.20. The molecule has 0 amide bonds. The lowest BCUT2D eigenvalue weighted by molar-refractivity contribution is 0.502. The Balaban J connectivity index is 2.49. The summed E-state index contributed by atoms with van der Waals surface area (Å²) in [5.74, 6) is 0. The topological polar surface area (TPSA) is 15.3 Å². The first-order valence-corrected chi connectivity index (χ1v) is 6.55. The molecule has 2 nitrogen and oxygen atoms in total. The Morgan fingerprint density at radius 1 is 1.31 bits per heavy atom. The molecule has 1 aliphatic heterocycles. The number of hydrogen-bond acceptors (Lipinski definition) is 2. The van der Waals surface area contributed by atoms with Crippen LogP contribution in [0.25, 0.3) is 0 Å². The summed E-state index contributed by atoms with van der Waals surface area (Å²) in [6.45, 7) is 9.85. The monoisotopic (exact) mass is 282 g/mol. The summed E-state index contributed by atoms with van der Waals surface area (Å²) in [5.41, 5.74) is 2.89. The van der Waals surface area contributed by atoms with Gasteiger partial charge in [-0.2, -0.15) is 0 Å². The van der Waals surface area contributed by atoms with E-state index in [-0.39, 0.29) is 5.54 Å². The standard InChI is InChI=1S/C13H19BrN2/c1-13(2,3)16-8-7-15-9-10-11(14)5-4-6-12(10)16/h4-6,15H,7-9H2,1-3H3. The summed E-state index contributed by atoms with van der Waals surface area (Å²) in [4.78, 5) is 2.48. The first kappa shape index (κ1) is 11.9. The third-order valence-corrected chi connectivity index (χ3v) is 3.75. The van der Waals surface area contributed by atoms with E-state index < -0.39 is 0 Å². The molecule has 1 aromatic rings. The molecular formula is C13H19BrN2. The predicted octanol–water partition coefficient (Wildman–Crippen LogP) is 3.16. The van der Waals surface area contributed by atoms with Crippen LogP contribution in [0.4, 0.5) is 5.69 Å². The maximum absolute atomic E-state index is 3.64. The van der Waals surface area contributed by atoms with Crippen molar-refractivity contribution in [2.45, 2.75) is 32.9 Å². The van der Waals surface area contributed by atoms with E-state index in [1.54, 1.807) is 0 Å². The predicted molar refractivity (Wildman–Crippen MR) is 72.9 cm³/mol. The lowest BCUT2D eigenvalue weighted by atomic mass is 10.0. The van der Waals surface area contributed by atoms with Crippen molar-refractivity contribution in [3.63, 3.8) is 0 Å². The highest BCUT2D eigenvalue weighted by atomic mass is 79.9. The van der Waals surface area contributed by atoms with Gasteiger partial charge in [0.1, 0.15) is 0 Å². The fourth-order valence-corrected chi connectivity index (χ4v) is 2.69. The van der Waals surface area contributed by atoms with E-state index in [9.17, 15) is 0 Å². The van der Waals surface area contributed by atoms with Crippen LogP contribution in [0, 0.1) is 0 Å². The van der Waals surface area contributed by atoms with Crippen LogP contribution in [-0.4, -0.2) is 18.6 Å². The Morgan fingerprint density at radius 2 is 2.06 bits per heavy atom. The van der Waals surface area contributed by atoms with Crippen molar-refractivity contribution in [2.24, 2.45) is 0 Å². The van der Waals surface area contributed by atoms with Crippen LogP contribution in [0.1, 0.15) is 26.3 Å². The van der Waals surface area contributed by atoms with Gasteiger partial charge in [-0.25, -0.2) is 0 Å². The zero-order chi connectivity index (χ0) is 11.8. The van der Waals surface area contributed by atoms with E-state index >= 15 is 0 Å². The molecule has 0 aliphatic carbocycles. The van der Waals surface area contributed by atoms with Crippen molar-refractivity contribution < 1.29 is 0 Å². The van der Waals surface area contributed by atoms with E-state index in [1.807, 2.05) is 0 Å². The third-order valence-electron chi connectivity index (χ3n) is 3.01. The molecule has 88 valence electrons. The fraction of sp³-hybridized carbons (Fsp3) is 0.538. The summed E-state index contributed by atoms with van der Waals surface area (Å²) in [6.07, 6.45) is 0. The molecule has 1 heterocycles. The van der Waals surface area contributed by atoms with Crippen LogP contribution in [0.15, 0.2) is 22.7 Å². The lowest BCUT2D eigenvalue weighted by Gasteiger charge is -2.37. The van der Waals surface area contributed by atoms with E-state index in [2.05, 4.69) is 65.1 Å². The number of nitrogens with zero attached hydrogens (tertiary/aromatic N) is 1. The number of rotatable bonds is 0. The van der Waals surface area contributed by atoms with E-state index in [0.29, 0.717) is 0 Å². The van der Waals surface area contributed by atoms with Gasteiger partial charge in [-0.3, -0.25) is 0 Å². The Kier molecular flexibility index (Phi) is 3.27. The molecule has 0 bridgehead atoms. The molecule has 2 rings (SSSR count). The lowest BCUT2D eigenvalue weighted by Crippen LogP contribution is -2.43. The minimum absolute atomic E-state index is 0.168. The molecule has 0 saturated heterocycles. The molecular weight excluding hydrogens is 264 g/mol. The second-order valence-electron chi connectivity index (χ2n) is 5.24. The molecule has 0 unspecified atom stereocenters. The second-order valence-corrected chi connectivity index (χ2v) is 6.09. The van der Waals surface area contributed by atoms with Crippen molar-refractivity contribution in [1.29, 1.82) is 0 Å². The van der Waals surface area contributed by atoms with Crippen LogP contribution in [0.2, 0.25) is 0 Å². The summed E-state index contributed by atoms with van der Waals surface area (Å²) in [6, 6.07) is 6.46. The molecule has 16 heavy (non-hydrogen) atoms. The quantitative estimate of drug-likeness (QED) is 0.787. The highest BCUT2D eigenvalue weighted by Gasteiger charge is 2.25. The van der Waals surface area contributed by atoms with Crippen molar-refractivity contribution in [1.82, 2.24) is 5.32 Å². The number of benzene rings is 1. The highest BCUT2D eigenvalue weighted by Crippen LogP contribution is 2.32. The zero-order valence-electron chi connectivity index (χ0n) is 10.2. The van der Waals surface area contributed by atoms with Crippen molar-refractivity contribution in [3.05, 3.63) is 28.2 Å². The zero-order valence-corrected chi connectivity index (χ0v) is 11.8. The number of anilines is 1. The summed E-state index contributed by atoms with van der Waals surface area (Å²) in [5, 5.41) is 3.47. The highest BCUT2D eigenvalue weighted by molar-refractivity contribution is 9.10. The van der Waals surface area contributed by atoms with Crippen molar-refractivity contribution in [3.8, 4) is 0 Å². The minimum atomic E-state index is 0.168. The SMILES string of the molecule is CC(C)(C)N1CCNCc2c(Br)cccc21. The van der Waals surface area contributed by atoms with Crippen molar-refractivity contribution >= 4 is 21.6 Å². The average Bonchev–Trinajstić information content (AvgIpc) is 2.39. The van der Waals surface area contributed by atoms with Crippen molar-refractivity contribution in [2.75, 3.05) is 18.0 Å². The van der Waals surface area contributed by atoms with Crippen LogP contribution in [0.5, 0.6) is 0 Å². The first-order chi connectivity index (χ1) is 7.50. The third kappa shape index (κ3) is 2.25. The molecule has 0 spiro atoms. The molecule has 3 heteroatoms. The first-order valence-electron chi connectivity index (χ1n) is 5.76. The number of fused-ring (bicyclic) bond motifs is 1. The normalized spacial score (nSPS) is 16.9. The van der Waals surface area contributed by atoms with E-state index in [1.165, 1.54) is 15.7 Å². The van der Waals surface area contributed by atoms with Crippen LogP contribution >= 0.6 is 15.9 Å². The molecule has 1 aromatic carbocycles. The van der Waals surface area contributed by atoms with Gasteiger partial charge in [0.05, 0.1) is 0 Å². The molecule has 0 atom stereocenters. The number of halogens is 1. The Morgan fingerprint density at radius 3 is 2.75 bits per heavy atom. The smallest absolute Gasteiger partial charge is 0.0428 e. The Bertz CT molecular complexity index is 382. The molecule has 0 radical (unpaired) electrons. The van der Waals surface area contributed by atoms with Gasteiger partial charge in [0, 0.05) is 40.9 Å². The van der Waals surface area contributed by atoms with E-state index in [4.69, 9.17) is 0 Å². The van der Waals surface area contributed by atoms with Gasteiger partial charge in [-0.05, 0) is 32.9 Å². The molecule has 0 aromatic heterocycles. The maximum Gasteiger partial charge on any atom is 0.0428 e. The summed E-state index contributed by atoms with van der Waals surface area (Å²) in [7, 11) is 0. The van der Waals surface area contributed by atoms with Gasteiger partial charge in [0.2, 0.25) is 0 Å². The maximum atomic E-state index is 3.64. The van der Waals surface area contributed by atoms with Gasteiger partial charge in [0.25, 0.3) is 0 Å². The van der Waals surface area contributed by atoms with Crippen LogP contribution < -0.4 is 10.2 Å². The average molecular weight is 283 g/mol. The summed E-state index contributed by atoms with van der Waals surface area (Å²) >= 11 is 3.64. The van der Waals surface area contributed by atoms with Gasteiger partial charge in [-0.15, -0.1) is 0 Å². The van der Waals surface area contributed by atoms with Gasteiger partial charge in [0.15, 0.2) is 0 Å².